The number of ketones is 1. The maximum atomic E-state index is 12.0. The van der Waals surface area contributed by atoms with Crippen molar-refractivity contribution < 1.29 is 13.2 Å². The lowest BCUT2D eigenvalue weighted by Gasteiger charge is -2.06. The maximum Gasteiger partial charge on any atom is 0.166 e. The van der Waals surface area contributed by atoms with E-state index >= 15 is 0 Å². The molecule has 1 unspecified atom stereocenters. The van der Waals surface area contributed by atoms with E-state index in [4.69, 9.17) is 0 Å². The Hall–Kier alpha value is -0.430. The standard InChI is InChI=1S/C11H11IO3S/c12-10-3-1-8(2-4-10)11(13)9-5-6-16(14,15)7-9/h1-4,9H,5-7H2. The van der Waals surface area contributed by atoms with Gasteiger partial charge < -0.3 is 0 Å². The highest BCUT2D eigenvalue weighted by Gasteiger charge is 2.33. The molecule has 1 aliphatic heterocycles. The maximum absolute atomic E-state index is 12.0. The predicted octanol–water partition coefficient (Wildman–Crippen LogP) is 1.91. The average molecular weight is 350 g/mol. The molecule has 0 aromatic heterocycles. The summed E-state index contributed by atoms with van der Waals surface area (Å²) in [5, 5.41) is 0. The lowest BCUT2D eigenvalue weighted by atomic mass is 9.97. The minimum absolute atomic E-state index is 0.0117. The summed E-state index contributed by atoms with van der Waals surface area (Å²) < 4.78 is 23.6. The Morgan fingerprint density at radius 3 is 2.38 bits per heavy atom. The molecule has 1 saturated heterocycles. The van der Waals surface area contributed by atoms with Crippen molar-refractivity contribution in [2.75, 3.05) is 11.5 Å². The van der Waals surface area contributed by atoms with Gasteiger partial charge in [-0.1, -0.05) is 12.1 Å². The van der Waals surface area contributed by atoms with Crippen LogP contribution in [0.1, 0.15) is 16.8 Å². The summed E-state index contributed by atoms with van der Waals surface area (Å²) in [5.74, 6) is -0.228. The minimum Gasteiger partial charge on any atom is -0.294 e. The summed E-state index contributed by atoms with van der Waals surface area (Å²) in [6.45, 7) is 0. The van der Waals surface area contributed by atoms with Crippen molar-refractivity contribution in [1.29, 1.82) is 0 Å². The van der Waals surface area contributed by atoms with Crippen molar-refractivity contribution in [3.05, 3.63) is 33.4 Å². The fourth-order valence-corrected chi connectivity index (χ4v) is 3.95. The Kier molecular flexibility index (Phi) is 3.34. The van der Waals surface area contributed by atoms with E-state index in [-0.39, 0.29) is 23.2 Å². The summed E-state index contributed by atoms with van der Waals surface area (Å²) in [7, 11) is -2.98. The number of benzene rings is 1. The predicted molar refractivity (Wildman–Crippen MR) is 70.3 cm³/mol. The second-order valence-electron chi connectivity index (χ2n) is 3.97. The molecule has 0 radical (unpaired) electrons. The number of carbonyl (C=O) groups is 1. The van der Waals surface area contributed by atoms with Gasteiger partial charge >= 0.3 is 0 Å². The third kappa shape index (κ3) is 2.63. The molecule has 1 atom stereocenters. The van der Waals surface area contributed by atoms with Crippen molar-refractivity contribution in [1.82, 2.24) is 0 Å². The van der Waals surface area contributed by atoms with Gasteiger partial charge in [-0.3, -0.25) is 4.79 Å². The monoisotopic (exact) mass is 350 g/mol. The number of carbonyl (C=O) groups excluding carboxylic acids is 1. The summed E-state index contributed by atoms with van der Waals surface area (Å²) in [6.07, 6.45) is 0.465. The topological polar surface area (TPSA) is 51.2 Å². The Balaban J connectivity index is 2.18. The zero-order chi connectivity index (χ0) is 11.8. The lowest BCUT2D eigenvalue weighted by Crippen LogP contribution is -2.16. The third-order valence-corrected chi connectivity index (χ3v) is 5.22. The molecule has 0 saturated carbocycles. The van der Waals surface area contributed by atoms with Gasteiger partial charge in [0, 0.05) is 15.1 Å². The van der Waals surface area contributed by atoms with Gasteiger partial charge in [0.05, 0.1) is 11.5 Å². The minimum atomic E-state index is -2.98. The molecule has 0 amide bonds. The lowest BCUT2D eigenvalue weighted by molar-refractivity contribution is 0.0933. The van der Waals surface area contributed by atoms with Gasteiger partial charge in [-0.25, -0.2) is 8.42 Å². The van der Waals surface area contributed by atoms with E-state index in [0.717, 1.165) is 3.57 Å². The Labute approximate surface area is 108 Å². The molecule has 0 bridgehead atoms. The Morgan fingerprint density at radius 2 is 1.88 bits per heavy atom. The van der Waals surface area contributed by atoms with Crippen LogP contribution in [0.3, 0.4) is 0 Å². The van der Waals surface area contributed by atoms with Gasteiger partial charge in [0.15, 0.2) is 15.6 Å². The molecule has 5 heteroatoms. The first kappa shape index (κ1) is 12.0. The van der Waals surface area contributed by atoms with Crippen LogP contribution in [0.25, 0.3) is 0 Å². The van der Waals surface area contributed by atoms with Crippen LogP contribution < -0.4 is 0 Å². The quantitative estimate of drug-likeness (QED) is 0.605. The molecule has 1 aromatic carbocycles. The first-order valence-corrected chi connectivity index (χ1v) is 7.88. The van der Waals surface area contributed by atoms with Crippen LogP contribution in [0.5, 0.6) is 0 Å². The van der Waals surface area contributed by atoms with Crippen molar-refractivity contribution >= 4 is 38.2 Å². The van der Waals surface area contributed by atoms with Crippen LogP contribution in [0, 0.1) is 9.49 Å². The van der Waals surface area contributed by atoms with Crippen LogP contribution in [0.4, 0.5) is 0 Å². The molecule has 86 valence electrons. The van der Waals surface area contributed by atoms with Gasteiger partial charge in [0.25, 0.3) is 0 Å². The number of rotatable bonds is 2. The number of hydrogen-bond acceptors (Lipinski definition) is 3. The molecule has 2 rings (SSSR count). The zero-order valence-electron chi connectivity index (χ0n) is 8.52. The normalized spacial score (nSPS) is 23.2. The summed E-state index contributed by atoms with van der Waals surface area (Å²) in [6, 6.07) is 7.23. The molecule has 3 nitrogen and oxygen atoms in total. The fraction of sp³-hybridized carbons (Fsp3) is 0.364. The van der Waals surface area contributed by atoms with Gasteiger partial charge in [-0.2, -0.15) is 0 Å². The molecule has 1 aromatic rings. The van der Waals surface area contributed by atoms with Gasteiger partial charge in [-0.15, -0.1) is 0 Å². The fourth-order valence-electron chi connectivity index (χ4n) is 1.85. The van der Waals surface area contributed by atoms with Crippen molar-refractivity contribution in [3.8, 4) is 0 Å². The second-order valence-corrected chi connectivity index (χ2v) is 7.45. The molecule has 0 N–H and O–H groups in total. The van der Waals surface area contributed by atoms with E-state index in [1.54, 1.807) is 12.1 Å². The highest BCUT2D eigenvalue weighted by atomic mass is 127. The average Bonchev–Trinajstić information content (AvgIpc) is 2.59. The molecule has 1 fully saturated rings. The molecule has 1 heterocycles. The van der Waals surface area contributed by atoms with Crippen LogP contribution in [0.2, 0.25) is 0 Å². The number of Topliss-reactive ketones (excluding diaryl/α,β-unsaturated/α-hetero) is 1. The number of hydrogen-bond donors (Lipinski definition) is 0. The molecule has 0 aliphatic carbocycles. The van der Waals surface area contributed by atoms with E-state index in [1.165, 1.54) is 0 Å². The van der Waals surface area contributed by atoms with E-state index in [2.05, 4.69) is 22.6 Å². The molecular formula is C11H11IO3S. The largest absolute Gasteiger partial charge is 0.294 e. The zero-order valence-corrected chi connectivity index (χ0v) is 11.5. The van der Waals surface area contributed by atoms with Gasteiger partial charge in [0.1, 0.15) is 0 Å². The summed E-state index contributed by atoms with van der Waals surface area (Å²) in [5.41, 5.74) is 0.613. The highest BCUT2D eigenvalue weighted by Crippen LogP contribution is 2.23. The molecular weight excluding hydrogens is 339 g/mol. The summed E-state index contributed by atoms with van der Waals surface area (Å²) in [4.78, 5) is 12.0. The SMILES string of the molecule is O=C(c1ccc(I)cc1)C1CCS(=O)(=O)C1. The van der Waals surface area contributed by atoms with Gasteiger partial charge in [0.2, 0.25) is 0 Å². The molecule has 0 spiro atoms. The molecule has 16 heavy (non-hydrogen) atoms. The highest BCUT2D eigenvalue weighted by molar-refractivity contribution is 14.1. The first-order valence-electron chi connectivity index (χ1n) is 4.98. The molecule has 1 aliphatic rings. The second kappa shape index (κ2) is 4.44. The smallest absolute Gasteiger partial charge is 0.166 e. The van der Waals surface area contributed by atoms with Crippen LogP contribution in [-0.2, 0) is 9.84 Å². The van der Waals surface area contributed by atoms with Crippen molar-refractivity contribution in [2.24, 2.45) is 5.92 Å². The number of halogens is 1. The van der Waals surface area contributed by atoms with E-state index in [1.807, 2.05) is 12.1 Å². The Bertz CT molecular complexity index is 505. The summed E-state index contributed by atoms with van der Waals surface area (Å²) >= 11 is 2.17. The van der Waals surface area contributed by atoms with Crippen molar-refractivity contribution in [3.63, 3.8) is 0 Å². The third-order valence-electron chi connectivity index (χ3n) is 2.73. The van der Waals surface area contributed by atoms with Crippen LogP contribution in [-0.4, -0.2) is 25.7 Å². The first-order chi connectivity index (χ1) is 7.48. The van der Waals surface area contributed by atoms with Crippen LogP contribution in [0.15, 0.2) is 24.3 Å². The van der Waals surface area contributed by atoms with Gasteiger partial charge in [-0.05, 0) is 41.1 Å². The number of sulfone groups is 1. The van der Waals surface area contributed by atoms with Crippen LogP contribution >= 0.6 is 22.6 Å². The van der Waals surface area contributed by atoms with E-state index in [9.17, 15) is 13.2 Å². The Morgan fingerprint density at radius 1 is 1.25 bits per heavy atom. The van der Waals surface area contributed by atoms with E-state index in [0.29, 0.717) is 12.0 Å². The van der Waals surface area contributed by atoms with Crippen molar-refractivity contribution in [2.45, 2.75) is 6.42 Å². The van der Waals surface area contributed by atoms with E-state index < -0.39 is 9.84 Å².